The number of carbonyl (C=O) groups excluding carboxylic acids is 2. The van der Waals surface area contributed by atoms with Gasteiger partial charge in [0.15, 0.2) is 0 Å². The smallest absolute Gasteiger partial charge is 0.319 e. The molecule has 2 N–H and O–H groups in total. The van der Waals surface area contributed by atoms with E-state index in [1.165, 1.54) is 12.8 Å². The number of benzene rings is 1. The molecule has 0 spiro atoms. The summed E-state index contributed by atoms with van der Waals surface area (Å²) in [4.78, 5) is 26.7. The zero-order chi connectivity index (χ0) is 19.4. The van der Waals surface area contributed by atoms with E-state index in [0.717, 1.165) is 36.3 Å². The molecule has 1 saturated heterocycles. The van der Waals surface area contributed by atoms with E-state index in [1.807, 2.05) is 30.0 Å². The fourth-order valence-electron chi connectivity index (χ4n) is 5.69. The molecule has 0 radical (unpaired) electrons. The number of anilines is 2. The number of fused-ring (bicyclic) bond motifs is 2. The van der Waals surface area contributed by atoms with Gasteiger partial charge in [-0.15, -0.1) is 0 Å². The van der Waals surface area contributed by atoms with Gasteiger partial charge in [-0.25, -0.2) is 4.79 Å². The Bertz CT molecular complexity index is 788. The van der Waals surface area contributed by atoms with Crippen molar-refractivity contribution in [3.63, 3.8) is 0 Å². The highest BCUT2D eigenvalue weighted by Gasteiger charge is 2.61. The topological polar surface area (TPSA) is 61.4 Å². The van der Waals surface area contributed by atoms with Crippen LogP contribution in [0.15, 0.2) is 18.2 Å². The van der Waals surface area contributed by atoms with Crippen LogP contribution in [0.5, 0.6) is 0 Å². The Morgan fingerprint density at radius 3 is 2.63 bits per heavy atom. The van der Waals surface area contributed by atoms with Crippen LogP contribution in [0.25, 0.3) is 0 Å². The molecule has 1 aromatic rings. The number of hydrogen-bond donors (Lipinski definition) is 2. The Hall–Kier alpha value is -2.04. The van der Waals surface area contributed by atoms with E-state index in [1.54, 1.807) is 0 Å². The predicted octanol–water partition coefficient (Wildman–Crippen LogP) is 4.46. The Morgan fingerprint density at radius 1 is 1.26 bits per heavy atom. The number of rotatable bonds is 3. The summed E-state index contributed by atoms with van der Waals surface area (Å²) in [7, 11) is 0. The summed E-state index contributed by atoms with van der Waals surface area (Å²) in [6.07, 6.45) is 5.02. The number of nitrogens with one attached hydrogen (secondary N) is 2. The van der Waals surface area contributed by atoms with Crippen molar-refractivity contribution in [2.24, 2.45) is 16.7 Å². The average Bonchev–Trinajstić information content (AvgIpc) is 3.18. The van der Waals surface area contributed by atoms with Gasteiger partial charge >= 0.3 is 6.03 Å². The maximum atomic E-state index is 12.7. The summed E-state index contributed by atoms with van der Waals surface area (Å²) in [6, 6.07) is 5.85. The minimum Gasteiger partial charge on any atom is -0.335 e. The molecule has 0 unspecified atom stereocenters. The maximum Gasteiger partial charge on any atom is 0.319 e. The first-order chi connectivity index (χ1) is 12.7. The summed E-state index contributed by atoms with van der Waals surface area (Å²) >= 11 is 0. The van der Waals surface area contributed by atoms with Crippen LogP contribution in [0.1, 0.15) is 58.4 Å². The van der Waals surface area contributed by atoms with Gasteiger partial charge in [-0.3, -0.25) is 4.79 Å². The Morgan fingerprint density at radius 2 is 2.04 bits per heavy atom. The van der Waals surface area contributed by atoms with Gasteiger partial charge in [-0.2, -0.15) is 0 Å². The molecule has 1 aliphatic heterocycles. The highest BCUT2D eigenvalue weighted by atomic mass is 16.2. The molecule has 3 atom stereocenters. The van der Waals surface area contributed by atoms with E-state index in [0.29, 0.717) is 12.3 Å². The lowest BCUT2D eigenvalue weighted by molar-refractivity contribution is -0.117. The van der Waals surface area contributed by atoms with E-state index in [-0.39, 0.29) is 28.8 Å². The van der Waals surface area contributed by atoms with Crippen molar-refractivity contribution in [2.75, 3.05) is 16.8 Å². The van der Waals surface area contributed by atoms with Crippen molar-refractivity contribution < 1.29 is 9.59 Å². The van der Waals surface area contributed by atoms with Crippen molar-refractivity contribution in [1.82, 2.24) is 5.32 Å². The van der Waals surface area contributed by atoms with Crippen LogP contribution in [0.2, 0.25) is 0 Å². The summed E-state index contributed by atoms with van der Waals surface area (Å²) in [5.41, 5.74) is 3.06. The molecule has 2 bridgehead atoms. The number of hydrogen-bond acceptors (Lipinski definition) is 2. The normalized spacial score (nSPS) is 31.4. The van der Waals surface area contributed by atoms with Crippen LogP contribution in [0.3, 0.4) is 0 Å². The molecule has 3 aliphatic rings. The molecule has 27 heavy (non-hydrogen) atoms. The van der Waals surface area contributed by atoms with Crippen LogP contribution in [-0.4, -0.2) is 24.5 Å². The fraction of sp³-hybridized carbons (Fsp3) is 0.636. The molecule has 4 rings (SSSR count). The highest BCUT2D eigenvalue weighted by Crippen LogP contribution is 2.65. The second kappa shape index (κ2) is 6.25. The van der Waals surface area contributed by atoms with E-state index in [2.05, 4.69) is 31.4 Å². The van der Waals surface area contributed by atoms with Crippen molar-refractivity contribution in [3.8, 4) is 0 Å². The zero-order valence-corrected chi connectivity index (χ0v) is 16.9. The number of carbonyl (C=O) groups is 2. The monoisotopic (exact) mass is 369 g/mol. The Balaban J connectivity index is 1.47. The predicted molar refractivity (Wildman–Crippen MR) is 108 cm³/mol. The van der Waals surface area contributed by atoms with Gasteiger partial charge < -0.3 is 15.5 Å². The summed E-state index contributed by atoms with van der Waals surface area (Å²) in [5.74, 6) is 0.857. The van der Waals surface area contributed by atoms with Gasteiger partial charge in [0.2, 0.25) is 5.91 Å². The SMILES string of the molecule is Cc1c(NC(=O)N[C@H]2C[C@H]3CC[C@@]2(C)C3(C)C)cccc1N1CCCC1=O. The van der Waals surface area contributed by atoms with Crippen molar-refractivity contribution >= 4 is 23.3 Å². The molecule has 1 aromatic carbocycles. The molecule has 2 aliphatic carbocycles. The summed E-state index contributed by atoms with van der Waals surface area (Å²) in [6.45, 7) is 9.76. The van der Waals surface area contributed by atoms with E-state index < -0.39 is 0 Å². The molecular formula is C22H31N3O2. The Kier molecular flexibility index (Phi) is 4.24. The number of amides is 3. The first-order valence-electron chi connectivity index (χ1n) is 10.2. The van der Waals surface area contributed by atoms with Crippen molar-refractivity contribution in [3.05, 3.63) is 23.8 Å². The fourth-order valence-corrected chi connectivity index (χ4v) is 5.69. The van der Waals surface area contributed by atoms with Crippen LogP contribution in [0.4, 0.5) is 16.2 Å². The van der Waals surface area contributed by atoms with E-state index >= 15 is 0 Å². The average molecular weight is 370 g/mol. The van der Waals surface area contributed by atoms with E-state index in [9.17, 15) is 9.59 Å². The number of urea groups is 1. The maximum absolute atomic E-state index is 12.7. The van der Waals surface area contributed by atoms with Crippen molar-refractivity contribution in [2.45, 2.75) is 65.8 Å². The lowest BCUT2D eigenvalue weighted by atomic mass is 9.69. The van der Waals surface area contributed by atoms with Gasteiger partial charge in [-0.05, 0) is 67.1 Å². The quantitative estimate of drug-likeness (QED) is 0.826. The molecule has 146 valence electrons. The van der Waals surface area contributed by atoms with Gasteiger partial charge in [-0.1, -0.05) is 26.8 Å². The molecule has 5 heteroatoms. The second-order valence-electron chi connectivity index (χ2n) is 9.36. The molecule has 1 heterocycles. The summed E-state index contributed by atoms with van der Waals surface area (Å²) in [5, 5.41) is 6.28. The lowest BCUT2D eigenvalue weighted by Gasteiger charge is -2.39. The lowest BCUT2D eigenvalue weighted by Crippen LogP contribution is -2.48. The first kappa shape index (κ1) is 18.3. The standard InChI is InChI=1S/C22H31N3O2/c1-14-16(7-5-8-17(14)25-12-6-9-19(25)26)23-20(27)24-18-13-15-10-11-22(18,4)21(15,2)3/h5,7-8,15,18H,6,9-13H2,1-4H3,(H2,23,24,27)/t15-,18+,22-/m1/s1. The van der Waals surface area contributed by atoms with Crippen LogP contribution in [-0.2, 0) is 4.79 Å². The van der Waals surface area contributed by atoms with Gasteiger partial charge in [0.05, 0.1) is 0 Å². The first-order valence-corrected chi connectivity index (χ1v) is 10.2. The third-order valence-electron chi connectivity index (χ3n) is 8.02. The third kappa shape index (κ3) is 2.74. The molecule has 0 aromatic heterocycles. The number of nitrogens with zero attached hydrogens (tertiary/aromatic N) is 1. The summed E-state index contributed by atoms with van der Waals surface area (Å²) < 4.78 is 0. The molecular weight excluding hydrogens is 338 g/mol. The minimum atomic E-state index is -0.141. The zero-order valence-electron chi connectivity index (χ0n) is 16.9. The largest absolute Gasteiger partial charge is 0.335 e. The molecule has 3 fully saturated rings. The van der Waals surface area contributed by atoms with E-state index in [4.69, 9.17) is 0 Å². The van der Waals surface area contributed by atoms with Crippen LogP contribution < -0.4 is 15.5 Å². The van der Waals surface area contributed by atoms with Gasteiger partial charge in [0.1, 0.15) is 0 Å². The van der Waals surface area contributed by atoms with Gasteiger partial charge in [0, 0.05) is 30.4 Å². The van der Waals surface area contributed by atoms with Crippen molar-refractivity contribution in [1.29, 1.82) is 0 Å². The van der Waals surface area contributed by atoms with Crippen LogP contribution >= 0.6 is 0 Å². The van der Waals surface area contributed by atoms with Gasteiger partial charge in [0.25, 0.3) is 0 Å². The highest BCUT2D eigenvalue weighted by molar-refractivity contribution is 5.98. The third-order valence-corrected chi connectivity index (χ3v) is 8.02. The second-order valence-corrected chi connectivity index (χ2v) is 9.36. The molecule has 3 amide bonds. The minimum absolute atomic E-state index is 0.141. The van der Waals surface area contributed by atoms with Crippen LogP contribution in [0, 0.1) is 23.7 Å². The molecule has 5 nitrogen and oxygen atoms in total. The molecule has 2 saturated carbocycles. The Labute approximate surface area is 161 Å².